The molecule has 0 aliphatic carbocycles. The lowest BCUT2D eigenvalue weighted by Gasteiger charge is -2.33. The Bertz CT molecular complexity index is 312. The molecule has 1 atom stereocenters. The van der Waals surface area contributed by atoms with E-state index in [1.54, 1.807) is 0 Å². The predicted octanol–water partition coefficient (Wildman–Crippen LogP) is 0.691. The molecule has 5 nitrogen and oxygen atoms in total. The molecular formula is C10H18N4O. The molecule has 0 radical (unpaired) electrons. The van der Waals surface area contributed by atoms with Gasteiger partial charge in [0, 0.05) is 19.5 Å². The third-order valence-electron chi connectivity index (χ3n) is 2.93. The summed E-state index contributed by atoms with van der Waals surface area (Å²) in [7, 11) is 0. The number of hydrogen-bond acceptors (Lipinski definition) is 5. The molecule has 1 aromatic heterocycles. The van der Waals surface area contributed by atoms with E-state index in [2.05, 4.69) is 15.1 Å². The molecule has 0 saturated carbocycles. The van der Waals surface area contributed by atoms with E-state index in [-0.39, 0.29) is 0 Å². The number of aromatic nitrogens is 2. The first-order valence-corrected chi connectivity index (χ1v) is 5.52. The summed E-state index contributed by atoms with van der Waals surface area (Å²) < 4.78 is 5.37. The molecule has 0 aromatic carbocycles. The molecule has 2 heterocycles. The van der Waals surface area contributed by atoms with Crippen LogP contribution in [0.2, 0.25) is 0 Å². The van der Waals surface area contributed by atoms with E-state index in [0.29, 0.717) is 24.4 Å². The minimum Gasteiger partial charge on any atom is -0.424 e. The Morgan fingerprint density at radius 1 is 1.47 bits per heavy atom. The van der Waals surface area contributed by atoms with Gasteiger partial charge in [0.25, 0.3) is 0 Å². The van der Waals surface area contributed by atoms with E-state index in [0.717, 1.165) is 13.1 Å². The predicted molar refractivity (Wildman–Crippen MR) is 56.1 cm³/mol. The van der Waals surface area contributed by atoms with Crippen LogP contribution in [0.5, 0.6) is 0 Å². The van der Waals surface area contributed by atoms with Gasteiger partial charge < -0.3 is 10.2 Å². The molecule has 5 heteroatoms. The number of likely N-dealkylation sites (tertiary alicyclic amines) is 1. The molecule has 2 rings (SSSR count). The third-order valence-corrected chi connectivity index (χ3v) is 2.93. The lowest BCUT2D eigenvalue weighted by molar-refractivity contribution is 0.131. The molecule has 15 heavy (non-hydrogen) atoms. The maximum Gasteiger partial charge on any atom is 0.230 e. The second kappa shape index (κ2) is 4.72. The summed E-state index contributed by atoms with van der Waals surface area (Å²) >= 11 is 0. The molecule has 1 aliphatic rings. The van der Waals surface area contributed by atoms with Crippen molar-refractivity contribution in [3.63, 3.8) is 0 Å². The minimum atomic E-state index is 0.478. The zero-order valence-electron chi connectivity index (χ0n) is 9.15. The summed E-state index contributed by atoms with van der Waals surface area (Å²) in [5.74, 6) is 1.33. The summed E-state index contributed by atoms with van der Waals surface area (Å²) in [5.41, 5.74) is 5.74. The molecule has 1 saturated heterocycles. The number of nitrogens with zero attached hydrogens (tertiary/aromatic N) is 3. The van der Waals surface area contributed by atoms with Gasteiger partial charge in [0.2, 0.25) is 11.8 Å². The molecular weight excluding hydrogens is 192 g/mol. The van der Waals surface area contributed by atoms with Gasteiger partial charge in [0.1, 0.15) is 0 Å². The zero-order chi connectivity index (χ0) is 10.7. The SMILES string of the molecule is Cc1nnc(CN2CCCCC2CN)o1. The fraction of sp³-hybridized carbons (Fsp3) is 0.800. The van der Waals surface area contributed by atoms with Gasteiger partial charge in [0.05, 0.1) is 6.54 Å². The minimum absolute atomic E-state index is 0.478. The monoisotopic (exact) mass is 210 g/mol. The Morgan fingerprint density at radius 3 is 3.00 bits per heavy atom. The Kier molecular flexibility index (Phi) is 3.33. The van der Waals surface area contributed by atoms with Crippen molar-refractivity contribution >= 4 is 0 Å². The van der Waals surface area contributed by atoms with Gasteiger partial charge in [-0.05, 0) is 19.4 Å². The molecule has 2 N–H and O–H groups in total. The molecule has 1 aromatic rings. The van der Waals surface area contributed by atoms with Gasteiger partial charge in [-0.1, -0.05) is 6.42 Å². The lowest BCUT2D eigenvalue weighted by atomic mass is 10.0. The van der Waals surface area contributed by atoms with Crippen LogP contribution in [-0.2, 0) is 6.54 Å². The maximum atomic E-state index is 5.74. The van der Waals surface area contributed by atoms with Gasteiger partial charge >= 0.3 is 0 Å². The van der Waals surface area contributed by atoms with Crippen molar-refractivity contribution < 1.29 is 4.42 Å². The number of aryl methyl sites for hydroxylation is 1. The standard InChI is InChI=1S/C10H18N4O/c1-8-12-13-10(15-8)7-14-5-3-2-4-9(14)6-11/h9H,2-7,11H2,1H3. The van der Waals surface area contributed by atoms with Crippen molar-refractivity contribution in [2.75, 3.05) is 13.1 Å². The second-order valence-corrected chi connectivity index (χ2v) is 4.07. The lowest BCUT2D eigenvalue weighted by Crippen LogP contribution is -2.43. The second-order valence-electron chi connectivity index (χ2n) is 4.07. The highest BCUT2D eigenvalue weighted by atomic mass is 16.4. The molecule has 84 valence electrons. The summed E-state index contributed by atoms with van der Waals surface area (Å²) in [6, 6.07) is 0.478. The molecule has 0 bridgehead atoms. The zero-order valence-corrected chi connectivity index (χ0v) is 9.15. The fourth-order valence-electron chi connectivity index (χ4n) is 2.11. The van der Waals surface area contributed by atoms with Crippen LogP contribution >= 0.6 is 0 Å². The van der Waals surface area contributed by atoms with Gasteiger partial charge in [-0.3, -0.25) is 4.90 Å². The first-order chi connectivity index (χ1) is 7.29. The number of nitrogens with two attached hydrogens (primary N) is 1. The van der Waals surface area contributed by atoms with Crippen molar-refractivity contribution in [1.29, 1.82) is 0 Å². The summed E-state index contributed by atoms with van der Waals surface area (Å²) in [5, 5.41) is 7.84. The quantitative estimate of drug-likeness (QED) is 0.795. The summed E-state index contributed by atoms with van der Waals surface area (Å²) in [6.07, 6.45) is 3.70. The highest BCUT2D eigenvalue weighted by Crippen LogP contribution is 2.18. The molecule has 1 aliphatic heterocycles. The van der Waals surface area contributed by atoms with Crippen molar-refractivity contribution in [2.24, 2.45) is 5.73 Å². The van der Waals surface area contributed by atoms with Crippen LogP contribution < -0.4 is 5.73 Å². The van der Waals surface area contributed by atoms with E-state index in [1.807, 2.05) is 6.92 Å². The average Bonchev–Trinajstić information content (AvgIpc) is 2.65. The normalized spacial score (nSPS) is 23.2. The van der Waals surface area contributed by atoms with Gasteiger partial charge in [-0.25, -0.2) is 0 Å². The van der Waals surface area contributed by atoms with Gasteiger partial charge in [-0.15, -0.1) is 10.2 Å². The Morgan fingerprint density at radius 2 is 2.33 bits per heavy atom. The van der Waals surface area contributed by atoms with Crippen LogP contribution in [-0.4, -0.2) is 34.2 Å². The third kappa shape index (κ3) is 2.54. The molecule has 1 fully saturated rings. The largest absolute Gasteiger partial charge is 0.424 e. The first-order valence-electron chi connectivity index (χ1n) is 5.52. The maximum absolute atomic E-state index is 5.74. The van der Waals surface area contributed by atoms with Crippen LogP contribution in [0.3, 0.4) is 0 Å². The Labute approximate surface area is 89.6 Å². The van der Waals surface area contributed by atoms with E-state index >= 15 is 0 Å². The highest BCUT2D eigenvalue weighted by molar-refractivity contribution is 4.84. The number of piperidine rings is 1. The van der Waals surface area contributed by atoms with Crippen molar-refractivity contribution in [1.82, 2.24) is 15.1 Å². The van der Waals surface area contributed by atoms with Crippen LogP contribution in [0, 0.1) is 6.92 Å². The molecule has 0 amide bonds. The van der Waals surface area contributed by atoms with Crippen molar-refractivity contribution in [3.05, 3.63) is 11.8 Å². The van der Waals surface area contributed by atoms with E-state index in [9.17, 15) is 0 Å². The van der Waals surface area contributed by atoms with E-state index in [4.69, 9.17) is 10.2 Å². The smallest absolute Gasteiger partial charge is 0.230 e. The van der Waals surface area contributed by atoms with Crippen LogP contribution in [0.4, 0.5) is 0 Å². The Balaban J connectivity index is 1.97. The average molecular weight is 210 g/mol. The van der Waals surface area contributed by atoms with Gasteiger partial charge in [0.15, 0.2) is 0 Å². The first kappa shape index (κ1) is 10.6. The van der Waals surface area contributed by atoms with Crippen LogP contribution in [0.15, 0.2) is 4.42 Å². The van der Waals surface area contributed by atoms with Crippen LogP contribution in [0.25, 0.3) is 0 Å². The topological polar surface area (TPSA) is 68.2 Å². The Hall–Kier alpha value is -0.940. The van der Waals surface area contributed by atoms with Crippen molar-refractivity contribution in [3.8, 4) is 0 Å². The van der Waals surface area contributed by atoms with E-state index < -0.39 is 0 Å². The van der Waals surface area contributed by atoms with E-state index in [1.165, 1.54) is 19.3 Å². The molecule has 1 unspecified atom stereocenters. The summed E-state index contributed by atoms with van der Waals surface area (Å²) in [4.78, 5) is 2.34. The van der Waals surface area contributed by atoms with Crippen LogP contribution in [0.1, 0.15) is 31.0 Å². The number of hydrogen-bond donors (Lipinski definition) is 1. The van der Waals surface area contributed by atoms with Gasteiger partial charge in [-0.2, -0.15) is 0 Å². The number of rotatable bonds is 3. The van der Waals surface area contributed by atoms with Crippen molar-refractivity contribution in [2.45, 2.75) is 38.8 Å². The molecule has 0 spiro atoms. The highest BCUT2D eigenvalue weighted by Gasteiger charge is 2.22. The fourth-order valence-corrected chi connectivity index (χ4v) is 2.11. The summed E-state index contributed by atoms with van der Waals surface area (Å²) in [6.45, 7) is 4.35.